The summed E-state index contributed by atoms with van der Waals surface area (Å²) in [5.74, 6) is 1.51. The van der Waals surface area contributed by atoms with E-state index in [0.717, 1.165) is 53.9 Å². The molecule has 190 valence electrons. The summed E-state index contributed by atoms with van der Waals surface area (Å²) >= 11 is 0. The number of benzene rings is 3. The minimum atomic E-state index is -0.366. The molecule has 0 aliphatic rings. The van der Waals surface area contributed by atoms with E-state index in [0.29, 0.717) is 19.8 Å². The number of rotatable bonds is 13. The molecular formula is C29H32O7. The molecule has 0 aliphatic carbocycles. The van der Waals surface area contributed by atoms with Crippen molar-refractivity contribution < 1.29 is 34.0 Å². The third-order valence-corrected chi connectivity index (χ3v) is 5.10. The number of hydrogen-bond donors (Lipinski definition) is 2. The first-order valence-corrected chi connectivity index (χ1v) is 11.7. The van der Waals surface area contributed by atoms with Gasteiger partial charge in [-0.2, -0.15) is 0 Å². The van der Waals surface area contributed by atoms with Crippen LogP contribution in [0, 0.1) is 0 Å². The molecule has 2 N–H and O–H groups in total. The van der Waals surface area contributed by atoms with Crippen molar-refractivity contribution in [2.75, 3.05) is 13.2 Å². The molecule has 3 aromatic carbocycles. The highest BCUT2D eigenvalue weighted by molar-refractivity contribution is 5.81. The Bertz CT molecular complexity index is 1040. The van der Waals surface area contributed by atoms with Crippen molar-refractivity contribution >= 4 is 12.4 Å². The fourth-order valence-electron chi connectivity index (χ4n) is 3.23. The fourth-order valence-corrected chi connectivity index (χ4v) is 3.23. The van der Waals surface area contributed by atoms with Gasteiger partial charge in [0.1, 0.15) is 23.9 Å². The quantitative estimate of drug-likeness (QED) is 0.130. The zero-order valence-corrected chi connectivity index (χ0v) is 20.2. The van der Waals surface area contributed by atoms with E-state index in [4.69, 9.17) is 24.1 Å². The van der Waals surface area contributed by atoms with E-state index >= 15 is 0 Å². The standard InChI is InChI=1S/C28H30O5.CH2O2/c1-2-28(30)32-20-6-4-3-5-19-31-26-15-17-27(18-16-26)33-21-22-7-9-23(10-8-22)24-11-13-25(29)14-12-24;2-1-3/h2,7-18,29H,1,3-6,19-21H2;1H,(H,2,3). The Hall–Kier alpha value is -4.26. The zero-order valence-electron chi connectivity index (χ0n) is 20.2. The highest BCUT2D eigenvalue weighted by Crippen LogP contribution is 2.23. The van der Waals surface area contributed by atoms with Gasteiger partial charge in [0.15, 0.2) is 0 Å². The molecule has 0 heterocycles. The van der Waals surface area contributed by atoms with Crippen LogP contribution in [0.3, 0.4) is 0 Å². The van der Waals surface area contributed by atoms with Crippen molar-refractivity contribution in [2.45, 2.75) is 32.3 Å². The maximum Gasteiger partial charge on any atom is 0.330 e. The van der Waals surface area contributed by atoms with Crippen LogP contribution in [0.1, 0.15) is 31.2 Å². The van der Waals surface area contributed by atoms with Crippen molar-refractivity contribution in [1.29, 1.82) is 0 Å². The van der Waals surface area contributed by atoms with Gasteiger partial charge in [-0.15, -0.1) is 0 Å². The Morgan fingerprint density at radius 2 is 1.25 bits per heavy atom. The Morgan fingerprint density at radius 1 is 0.750 bits per heavy atom. The summed E-state index contributed by atoms with van der Waals surface area (Å²) in [4.78, 5) is 19.3. The SMILES string of the molecule is C=CC(=O)OCCCCCCOc1ccc(OCc2ccc(-c3ccc(O)cc3)cc2)cc1.O=CO. The van der Waals surface area contributed by atoms with Crippen LogP contribution in [0.25, 0.3) is 11.1 Å². The zero-order chi connectivity index (χ0) is 26.0. The summed E-state index contributed by atoms with van der Waals surface area (Å²) in [6, 6.07) is 23.0. The first-order chi connectivity index (χ1) is 17.5. The second-order valence-corrected chi connectivity index (χ2v) is 7.74. The number of ether oxygens (including phenoxy) is 3. The van der Waals surface area contributed by atoms with Gasteiger partial charge in [-0.1, -0.05) is 43.0 Å². The molecule has 0 saturated carbocycles. The molecule has 3 rings (SSSR count). The molecule has 0 saturated heterocycles. The number of carboxylic acid groups (broad SMARTS) is 1. The Labute approximate surface area is 211 Å². The van der Waals surface area contributed by atoms with Crippen LogP contribution in [0.15, 0.2) is 85.5 Å². The molecule has 0 atom stereocenters. The maximum atomic E-state index is 10.9. The topological polar surface area (TPSA) is 102 Å². The lowest BCUT2D eigenvalue weighted by atomic mass is 10.0. The molecule has 0 bridgehead atoms. The van der Waals surface area contributed by atoms with Gasteiger partial charge in [-0.3, -0.25) is 4.79 Å². The van der Waals surface area contributed by atoms with Crippen LogP contribution in [-0.2, 0) is 20.9 Å². The molecule has 3 aromatic rings. The van der Waals surface area contributed by atoms with Gasteiger partial charge in [0.2, 0.25) is 0 Å². The lowest BCUT2D eigenvalue weighted by Crippen LogP contribution is -2.02. The number of carbonyl (C=O) groups is 2. The van der Waals surface area contributed by atoms with Gasteiger partial charge in [0.05, 0.1) is 13.2 Å². The summed E-state index contributed by atoms with van der Waals surface area (Å²) in [6.07, 6.45) is 5.01. The molecule has 0 aliphatic heterocycles. The summed E-state index contributed by atoms with van der Waals surface area (Å²) in [5.41, 5.74) is 3.23. The first kappa shape index (κ1) is 28.0. The molecule has 0 fully saturated rings. The second-order valence-electron chi connectivity index (χ2n) is 7.74. The van der Waals surface area contributed by atoms with Gasteiger partial charge in [-0.25, -0.2) is 4.79 Å². The number of esters is 1. The maximum absolute atomic E-state index is 10.9. The number of carbonyl (C=O) groups excluding carboxylic acids is 1. The first-order valence-electron chi connectivity index (χ1n) is 11.7. The van der Waals surface area contributed by atoms with Crippen molar-refractivity contribution in [1.82, 2.24) is 0 Å². The van der Waals surface area contributed by atoms with Crippen molar-refractivity contribution in [3.8, 4) is 28.4 Å². The van der Waals surface area contributed by atoms with E-state index in [9.17, 15) is 9.90 Å². The highest BCUT2D eigenvalue weighted by atomic mass is 16.5. The number of aromatic hydroxyl groups is 1. The summed E-state index contributed by atoms with van der Waals surface area (Å²) < 4.78 is 16.6. The third-order valence-electron chi connectivity index (χ3n) is 5.10. The summed E-state index contributed by atoms with van der Waals surface area (Å²) in [6.45, 7) is 4.70. The predicted octanol–water partition coefficient (Wildman–Crippen LogP) is 6.01. The van der Waals surface area contributed by atoms with Gasteiger partial charge < -0.3 is 24.4 Å². The van der Waals surface area contributed by atoms with Gasteiger partial charge in [0.25, 0.3) is 6.47 Å². The van der Waals surface area contributed by atoms with E-state index in [-0.39, 0.29) is 18.2 Å². The van der Waals surface area contributed by atoms with Crippen LogP contribution in [0.5, 0.6) is 17.2 Å². The van der Waals surface area contributed by atoms with Crippen LogP contribution in [0.2, 0.25) is 0 Å². The van der Waals surface area contributed by atoms with E-state index < -0.39 is 0 Å². The monoisotopic (exact) mass is 492 g/mol. The number of hydrogen-bond acceptors (Lipinski definition) is 6. The fraction of sp³-hybridized carbons (Fsp3) is 0.241. The molecule has 7 nitrogen and oxygen atoms in total. The molecule has 0 unspecified atom stereocenters. The lowest BCUT2D eigenvalue weighted by molar-refractivity contribution is -0.137. The number of phenols is 1. The lowest BCUT2D eigenvalue weighted by Gasteiger charge is -2.10. The van der Waals surface area contributed by atoms with Gasteiger partial charge >= 0.3 is 5.97 Å². The Morgan fingerprint density at radius 3 is 1.81 bits per heavy atom. The molecular weight excluding hydrogens is 460 g/mol. The average Bonchev–Trinajstić information content (AvgIpc) is 2.90. The number of unbranched alkanes of at least 4 members (excludes halogenated alkanes) is 3. The average molecular weight is 493 g/mol. The minimum Gasteiger partial charge on any atom is -0.508 e. The minimum absolute atomic E-state index is 0.250. The number of phenolic OH excluding ortho intramolecular Hbond substituents is 1. The Balaban J connectivity index is 0.00000145. The van der Waals surface area contributed by atoms with Crippen LogP contribution < -0.4 is 9.47 Å². The van der Waals surface area contributed by atoms with E-state index in [1.807, 2.05) is 48.5 Å². The van der Waals surface area contributed by atoms with Crippen molar-refractivity contribution in [3.05, 3.63) is 91.0 Å². The van der Waals surface area contributed by atoms with Gasteiger partial charge in [0, 0.05) is 6.08 Å². The van der Waals surface area contributed by atoms with Crippen LogP contribution in [0.4, 0.5) is 0 Å². The van der Waals surface area contributed by atoms with Crippen molar-refractivity contribution in [2.24, 2.45) is 0 Å². The molecule has 0 amide bonds. The van der Waals surface area contributed by atoms with Crippen molar-refractivity contribution in [3.63, 3.8) is 0 Å². The molecule has 36 heavy (non-hydrogen) atoms. The summed E-state index contributed by atoms with van der Waals surface area (Å²) in [7, 11) is 0. The second kappa shape index (κ2) is 16.4. The van der Waals surface area contributed by atoms with Gasteiger partial charge in [-0.05, 0) is 78.8 Å². The highest BCUT2D eigenvalue weighted by Gasteiger charge is 2.02. The smallest absolute Gasteiger partial charge is 0.330 e. The molecule has 0 aromatic heterocycles. The van der Waals surface area contributed by atoms with Crippen LogP contribution >= 0.6 is 0 Å². The van der Waals surface area contributed by atoms with E-state index in [2.05, 4.69) is 18.7 Å². The van der Waals surface area contributed by atoms with E-state index in [1.165, 1.54) is 6.08 Å². The van der Waals surface area contributed by atoms with E-state index in [1.54, 1.807) is 12.1 Å². The summed E-state index contributed by atoms with van der Waals surface area (Å²) in [5, 5.41) is 16.3. The third kappa shape index (κ3) is 10.8. The largest absolute Gasteiger partial charge is 0.508 e. The predicted molar refractivity (Wildman–Crippen MR) is 138 cm³/mol. The molecule has 0 spiro atoms. The molecule has 0 radical (unpaired) electrons. The Kier molecular flexibility index (Phi) is 12.7. The molecule has 7 heteroatoms. The normalized spacial score (nSPS) is 9.89. The van der Waals surface area contributed by atoms with Crippen LogP contribution in [-0.4, -0.2) is 35.9 Å².